The molecule has 0 radical (unpaired) electrons. The highest BCUT2D eigenvalue weighted by Crippen LogP contribution is 2.25. The van der Waals surface area contributed by atoms with Gasteiger partial charge in [-0.2, -0.15) is 0 Å². The molecule has 0 heterocycles. The van der Waals surface area contributed by atoms with E-state index in [9.17, 15) is 22.0 Å². The zero-order valence-electron chi connectivity index (χ0n) is 16.1. The zero-order valence-corrected chi connectivity index (χ0v) is 16.9. The van der Waals surface area contributed by atoms with E-state index in [1.54, 1.807) is 19.1 Å². The van der Waals surface area contributed by atoms with Gasteiger partial charge in [0.1, 0.15) is 22.9 Å². The number of methoxy groups -OCH3 is 1. The molecule has 0 aliphatic rings. The molecule has 0 aromatic heterocycles. The molecule has 3 rings (SSSR count). The number of hydrogen-bond donors (Lipinski definition) is 2. The molecule has 0 bridgehead atoms. The van der Waals surface area contributed by atoms with Crippen LogP contribution in [0.2, 0.25) is 0 Å². The fourth-order valence-corrected chi connectivity index (χ4v) is 4.08. The molecule has 0 aliphatic carbocycles. The summed E-state index contributed by atoms with van der Waals surface area (Å²) in [5.74, 6) is -2.50. The Hall–Kier alpha value is -3.46. The molecule has 0 saturated carbocycles. The first kappa shape index (κ1) is 21.3. The van der Waals surface area contributed by atoms with Crippen LogP contribution in [-0.4, -0.2) is 21.4 Å². The third kappa shape index (κ3) is 4.57. The summed E-state index contributed by atoms with van der Waals surface area (Å²) in [6.07, 6.45) is 0. The molecule has 3 aromatic rings. The second kappa shape index (κ2) is 8.50. The number of aryl methyl sites for hydroxylation is 1. The zero-order chi connectivity index (χ0) is 21.9. The fraction of sp³-hybridized carbons (Fsp3) is 0.0952. The molecular weight excluding hydrogens is 414 g/mol. The van der Waals surface area contributed by atoms with Crippen molar-refractivity contribution in [1.29, 1.82) is 0 Å². The molecule has 0 fully saturated rings. The quantitative estimate of drug-likeness (QED) is 0.607. The summed E-state index contributed by atoms with van der Waals surface area (Å²) in [7, 11) is -2.50. The van der Waals surface area contributed by atoms with Crippen LogP contribution in [0.25, 0.3) is 0 Å². The molecule has 0 atom stereocenters. The highest BCUT2D eigenvalue weighted by Gasteiger charge is 2.20. The SMILES string of the molecule is COc1ccc(NS(=O)(=O)c2cc(NC(=O)c3c(F)cccc3F)ccc2C)cc1. The van der Waals surface area contributed by atoms with E-state index >= 15 is 0 Å². The highest BCUT2D eigenvalue weighted by molar-refractivity contribution is 7.92. The van der Waals surface area contributed by atoms with Crippen molar-refractivity contribution in [2.45, 2.75) is 11.8 Å². The Morgan fingerprint density at radius 3 is 2.13 bits per heavy atom. The molecule has 2 N–H and O–H groups in total. The van der Waals surface area contributed by atoms with Crippen LogP contribution in [0, 0.1) is 18.6 Å². The van der Waals surface area contributed by atoms with Crippen molar-refractivity contribution in [2.75, 3.05) is 17.1 Å². The number of rotatable bonds is 6. The second-order valence-corrected chi connectivity index (χ2v) is 8.02. The summed E-state index contributed by atoms with van der Waals surface area (Å²) in [4.78, 5) is 12.2. The van der Waals surface area contributed by atoms with Gasteiger partial charge >= 0.3 is 0 Å². The van der Waals surface area contributed by atoms with Crippen LogP contribution in [-0.2, 0) is 10.0 Å². The van der Waals surface area contributed by atoms with E-state index in [0.717, 1.165) is 18.2 Å². The largest absolute Gasteiger partial charge is 0.497 e. The number of anilines is 2. The number of halogens is 2. The molecule has 156 valence electrons. The Labute approximate surface area is 172 Å². The number of ether oxygens (including phenoxy) is 1. The number of amides is 1. The van der Waals surface area contributed by atoms with E-state index in [4.69, 9.17) is 4.74 Å². The third-order valence-electron chi connectivity index (χ3n) is 4.27. The predicted molar refractivity (Wildman–Crippen MR) is 109 cm³/mol. The molecule has 3 aromatic carbocycles. The van der Waals surface area contributed by atoms with Crippen molar-refractivity contribution in [3.8, 4) is 5.75 Å². The number of benzene rings is 3. The van der Waals surface area contributed by atoms with E-state index in [0.29, 0.717) is 17.0 Å². The smallest absolute Gasteiger partial charge is 0.262 e. The standard InChI is InChI=1S/C21H18F2N2O4S/c1-13-6-7-15(24-21(26)20-17(22)4-3-5-18(20)23)12-19(13)30(27,28)25-14-8-10-16(29-2)11-9-14/h3-12,25H,1-2H3,(H,24,26). The van der Waals surface area contributed by atoms with Crippen molar-refractivity contribution >= 4 is 27.3 Å². The minimum atomic E-state index is -3.99. The van der Waals surface area contributed by atoms with Crippen LogP contribution < -0.4 is 14.8 Å². The van der Waals surface area contributed by atoms with Gasteiger partial charge in [-0.3, -0.25) is 9.52 Å². The van der Waals surface area contributed by atoms with Gasteiger partial charge in [0.05, 0.1) is 12.0 Å². The Morgan fingerprint density at radius 2 is 1.53 bits per heavy atom. The topological polar surface area (TPSA) is 84.5 Å². The van der Waals surface area contributed by atoms with E-state index in [1.807, 2.05) is 0 Å². The minimum absolute atomic E-state index is 0.0726. The summed E-state index contributed by atoms with van der Waals surface area (Å²) in [5.41, 5.74) is 0.0614. The van der Waals surface area contributed by atoms with Gasteiger partial charge < -0.3 is 10.1 Å². The molecule has 0 aliphatic heterocycles. The molecular formula is C21H18F2N2O4S. The lowest BCUT2D eigenvalue weighted by molar-refractivity contribution is 0.101. The van der Waals surface area contributed by atoms with Crippen LogP contribution >= 0.6 is 0 Å². The number of sulfonamides is 1. The Bertz CT molecular complexity index is 1180. The maximum atomic E-state index is 13.8. The van der Waals surface area contributed by atoms with Gasteiger partial charge in [-0.15, -0.1) is 0 Å². The van der Waals surface area contributed by atoms with Crippen molar-refractivity contribution in [3.05, 3.63) is 83.4 Å². The van der Waals surface area contributed by atoms with E-state index < -0.39 is 33.1 Å². The van der Waals surface area contributed by atoms with E-state index in [2.05, 4.69) is 10.0 Å². The lowest BCUT2D eigenvalue weighted by Gasteiger charge is -2.13. The normalized spacial score (nSPS) is 11.1. The van der Waals surface area contributed by atoms with Crippen LogP contribution in [0.3, 0.4) is 0 Å². The van der Waals surface area contributed by atoms with Crippen molar-refractivity contribution in [3.63, 3.8) is 0 Å². The van der Waals surface area contributed by atoms with Crippen LogP contribution in [0.1, 0.15) is 15.9 Å². The first-order valence-electron chi connectivity index (χ1n) is 8.74. The molecule has 30 heavy (non-hydrogen) atoms. The lowest BCUT2D eigenvalue weighted by Crippen LogP contribution is -2.18. The van der Waals surface area contributed by atoms with Gasteiger partial charge in [0.15, 0.2) is 0 Å². The van der Waals surface area contributed by atoms with Gasteiger partial charge in [0, 0.05) is 11.4 Å². The van der Waals surface area contributed by atoms with Gasteiger partial charge in [0.25, 0.3) is 15.9 Å². The average molecular weight is 432 g/mol. The van der Waals surface area contributed by atoms with Crippen molar-refractivity contribution in [2.24, 2.45) is 0 Å². The molecule has 1 amide bonds. The number of hydrogen-bond acceptors (Lipinski definition) is 4. The van der Waals surface area contributed by atoms with Crippen molar-refractivity contribution < 1.29 is 26.7 Å². The van der Waals surface area contributed by atoms with Crippen molar-refractivity contribution in [1.82, 2.24) is 0 Å². The predicted octanol–water partition coefficient (Wildman–Crippen LogP) is 4.33. The maximum Gasteiger partial charge on any atom is 0.262 e. The second-order valence-electron chi connectivity index (χ2n) is 6.37. The number of carbonyl (C=O) groups excluding carboxylic acids is 1. The van der Waals surface area contributed by atoms with Gasteiger partial charge in [-0.1, -0.05) is 12.1 Å². The van der Waals surface area contributed by atoms with Crippen LogP contribution in [0.4, 0.5) is 20.2 Å². The third-order valence-corrected chi connectivity index (χ3v) is 5.79. The summed E-state index contributed by atoms with van der Waals surface area (Å²) >= 11 is 0. The highest BCUT2D eigenvalue weighted by atomic mass is 32.2. The summed E-state index contributed by atoms with van der Waals surface area (Å²) in [5, 5.41) is 2.33. The van der Waals surface area contributed by atoms with Gasteiger partial charge in [0.2, 0.25) is 0 Å². The number of carbonyl (C=O) groups is 1. The average Bonchev–Trinajstić information content (AvgIpc) is 2.69. The first-order chi connectivity index (χ1) is 14.2. The first-order valence-corrected chi connectivity index (χ1v) is 10.2. The maximum absolute atomic E-state index is 13.8. The van der Waals surface area contributed by atoms with Crippen LogP contribution in [0.15, 0.2) is 65.6 Å². The van der Waals surface area contributed by atoms with E-state index in [1.165, 1.54) is 37.4 Å². The molecule has 6 nitrogen and oxygen atoms in total. The van der Waals surface area contributed by atoms with E-state index in [-0.39, 0.29) is 10.6 Å². The summed E-state index contributed by atoms with van der Waals surface area (Å²) < 4.78 is 60.7. The monoisotopic (exact) mass is 432 g/mol. The Balaban J connectivity index is 1.87. The lowest BCUT2D eigenvalue weighted by atomic mass is 10.1. The molecule has 9 heteroatoms. The molecule has 0 saturated heterocycles. The van der Waals surface area contributed by atoms with Gasteiger partial charge in [-0.05, 0) is 61.0 Å². The summed E-state index contributed by atoms with van der Waals surface area (Å²) in [6.45, 7) is 1.59. The fourth-order valence-electron chi connectivity index (χ4n) is 2.74. The number of nitrogens with one attached hydrogen (secondary N) is 2. The Kier molecular flexibility index (Phi) is 6.02. The molecule has 0 unspecified atom stereocenters. The Morgan fingerprint density at radius 1 is 0.933 bits per heavy atom. The van der Waals surface area contributed by atoms with Crippen LogP contribution in [0.5, 0.6) is 5.75 Å². The minimum Gasteiger partial charge on any atom is -0.497 e. The molecule has 0 spiro atoms. The summed E-state index contributed by atoms with van der Waals surface area (Å²) in [6, 6.07) is 13.5. The van der Waals surface area contributed by atoms with Gasteiger partial charge in [-0.25, -0.2) is 17.2 Å².